The maximum Gasteiger partial charge on any atom is 0.141 e. The Bertz CT molecular complexity index is 504. The molecule has 1 N–H and O–H groups in total. The van der Waals surface area contributed by atoms with Crippen molar-refractivity contribution in [3.8, 4) is 6.07 Å². The van der Waals surface area contributed by atoms with Crippen LogP contribution in [0.5, 0.6) is 0 Å². The molecule has 2 bridgehead atoms. The average Bonchev–Trinajstić information content (AvgIpc) is 2.69. The van der Waals surface area contributed by atoms with Gasteiger partial charge in [-0.15, -0.1) is 0 Å². The van der Waals surface area contributed by atoms with Gasteiger partial charge in [0.15, 0.2) is 0 Å². The molecule has 0 radical (unpaired) electrons. The number of halogens is 1. The number of pyridine rings is 1. The number of rotatable bonds is 1. The number of piperidine rings is 1. The molecule has 2 aliphatic heterocycles. The average molecular weight is 229 g/mol. The monoisotopic (exact) mass is 229 g/mol. The zero-order chi connectivity index (χ0) is 11.9. The first-order valence-electron chi connectivity index (χ1n) is 5.68. The molecule has 3 nitrogen and oxygen atoms in total. The van der Waals surface area contributed by atoms with Crippen LogP contribution in [0.25, 0.3) is 0 Å². The van der Waals surface area contributed by atoms with Crippen molar-refractivity contribution in [1.29, 1.82) is 5.26 Å². The molecule has 1 fully saturated rings. The fraction of sp³-hybridized carbons (Fsp3) is 0.385. The predicted octanol–water partition coefficient (Wildman–Crippen LogP) is 1.67. The number of fused-ring (bicyclic) bond motifs is 2. The second-order valence-electron chi connectivity index (χ2n) is 4.76. The van der Waals surface area contributed by atoms with E-state index in [0.717, 1.165) is 0 Å². The molecule has 2 unspecified atom stereocenters. The first kappa shape index (κ1) is 10.4. The van der Waals surface area contributed by atoms with Crippen LogP contribution in [0.15, 0.2) is 30.6 Å². The lowest BCUT2D eigenvalue weighted by Crippen LogP contribution is -2.46. The molecule has 86 valence electrons. The number of aromatic nitrogens is 1. The molecule has 3 heterocycles. The van der Waals surface area contributed by atoms with Crippen LogP contribution < -0.4 is 5.32 Å². The summed E-state index contributed by atoms with van der Waals surface area (Å²) in [5, 5.41) is 12.9. The van der Waals surface area contributed by atoms with Gasteiger partial charge in [-0.1, -0.05) is 12.2 Å². The van der Waals surface area contributed by atoms with Gasteiger partial charge < -0.3 is 5.32 Å². The van der Waals surface area contributed by atoms with Crippen molar-refractivity contribution in [3.05, 3.63) is 42.0 Å². The van der Waals surface area contributed by atoms with E-state index >= 15 is 0 Å². The van der Waals surface area contributed by atoms with Gasteiger partial charge in [0.05, 0.1) is 17.7 Å². The van der Waals surface area contributed by atoms with Crippen LogP contribution in [-0.4, -0.2) is 17.1 Å². The molecular weight excluding hydrogens is 217 g/mol. The lowest BCUT2D eigenvalue weighted by molar-refractivity contribution is 0.318. The number of hydrogen-bond donors (Lipinski definition) is 1. The second kappa shape index (κ2) is 3.64. The molecule has 0 amide bonds. The second-order valence-corrected chi connectivity index (χ2v) is 4.76. The number of nitrogens with one attached hydrogen (secondary N) is 1. The molecule has 0 aromatic carbocycles. The van der Waals surface area contributed by atoms with Crippen LogP contribution in [0.4, 0.5) is 4.39 Å². The van der Waals surface area contributed by atoms with Crippen molar-refractivity contribution in [1.82, 2.24) is 10.3 Å². The zero-order valence-electron chi connectivity index (χ0n) is 9.23. The smallest absolute Gasteiger partial charge is 0.141 e. The molecule has 1 saturated heterocycles. The molecule has 1 aromatic heterocycles. The fourth-order valence-electron chi connectivity index (χ4n) is 2.81. The third kappa shape index (κ3) is 1.63. The van der Waals surface area contributed by atoms with E-state index in [1.807, 2.05) is 0 Å². The summed E-state index contributed by atoms with van der Waals surface area (Å²) in [5.74, 6) is -0.379. The standard InChI is InChI=1S/C13H12FN3/c14-10-3-9(6-16-7-10)13(8-15)4-11-1-2-12(5-13)17-11/h1-3,6-7,11-12,17H,4-5H2/t11-,12?,13?/m1/s1. The molecule has 4 heteroatoms. The maximum absolute atomic E-state index is 13.2. The molecule has 3 atom stereocenters. The highest BCUT2D eigenvalue weighted by atomic mass is 19.1. The van der Waals surface area contributed by atoms with Crippen molar-refractivity contribution >= 4 is 0 Å². The summed E-state index contributed by atoms with van der Waals surface area (Å²) in [7, 11) is 0. The van der Waals surface area contributed by atoms with E-state index in [-0.39, 0.29) is 17.9 Å². The third-order valence-electron chi connectivity index (χ3n) is 3.61. The van der Waals surface area contributed by atoms with E-state index in [4.69, 9.17) is 0 Å². The summed E-state index contributed by atoms with van der Waals surface area (Å²) in [5.41, 5.74) is 0.0827. The van der Waals surface area contributed by atoms with E-state index in [1.165, 1.54) is 12.3 Å². The Morgan fingerprint density at radius 2 is 2.06 bits per heavy atom. The summed E-state index contributed by atoms with van der Waals surface area (Å²) in [6.07, 6.45) is 8.33. The van der Waals surface area contributed by atoms with Crippen LogP contribution in [-0.2, 0) is 5.41 Å². The van der Waals surface area contributed by atoms with Gasteiger partial charge in [-0.3, -0.25) is 4.98 Å². The summed E-state index contributed by atoms with van der Waals surface area (Å²) in [6.45, 7) is 0. The molecule has 0 aliphatic carbocycles. The quantitative estimate of drug-likeness (QED) is 0.745. The van der Waals surface area contributed by atoms with Crippen LogP contribution in [0.2, 0.25) is 0 Å². The van der Waals surface area contributed by atoms with Crippen molar-refractivity contribution in [2.75, 3.05) is 0 Å². The largest absolute Gasteiger partial charge is 0.304 e. The Morgan fingerprint density at radius 3 is 2.65 bits per heavy atom. The van der Waals surface area contributed by atoms with E-state index < -0.39 is 5.41 Å². The molecule has 17 heavy (non-hydrogen) atoms. The van der Waals surface area contributed by atoms with Crippen LogP contribution >= 0.6 is 0 Å². The van der Waals surface area contributed by atoms with Gasteiger partial charge in [-0.05, 0) is 24.5 Å². The lowest BCUT2D eigenvalue weighted by Gasteiger charge is -2.36. The fourth-order valence-corrected chi connectivity index (χ4v) is 2.81. The molecule has 2 aliphatic rings. The molecule has 0 spiro atoms. The van der Waals surface area contributed by atoms with Crippen LogP contribution in [0.1, 0.15) is 18.4 Å². The van der Waals surface area contributed by atoms with Gasteiger partial charge >= 0.3 is 0 Å². The topological polar surface area (TPSA) is 48.7 Å². The lowest BCUT2D eigenvalue weighted by atomic mass is 9.72. The Morgan fingerprint density at radius 1 is 1.35 bits per heavy atom. The number of nitriles is 1. The van der Waals surface area contributed by atoms with E-state index in [1.54, 1.807) is 6.20 Å². The highest BCUT2D eigenvalue weighted by Gasteiger charge is 2.43. The minimum Gasteiger partial charge on any atom is -0.304 e. The van der Waals surface area contributed by atoms with Gasteiger partial charge in [0, 0.05) is 18.3 Å². The normalized spacial score (nSPS) is 34.6. The Balaban J connectivity index is 2.02. The maximum atomic E-state index is 13.2. The Kier molecular flexibility index (Phi) is 2.23. The van der Waals surface area contributed by atoms with Gasteiger partial charge in [0.25, 0.3) is 0 Å². The summed E-state index contributed by atoms with van der Waals surface area (Å²) < 4.78 is 13.2. The SMILES string of the molecule is N#CC1(c2cncc(F)c2)CC2C=C[C@H](C1)N2. The molecule has 3 rings (SSSR count). The van der Waals surface area contributed by atoms with Gasteiger partial charge in [-0.25, -0.2) is 4.39 Å². The minimum absolute atomic E-state index is 0.219. The van der Waals surface area contributed by atoms with Crippen LogP contribution in [0, 0.1) is 17.1 Å². The van der Waals surface area contributed by atoms with E-state index in [9.17, 15) is 9.65 Å². The van der Waals surface area contributed by atoms with E-state index in [2.05, 4.69) is 28.5 Å². The van der Waals surface area contributed by atoms with Gasteiger partial charge in [-0.2, -0.15) is 5.26 Å². The molecule has 0 saturated carbocycles. The van der Waals surface area contributed by atoms with Crippen molar-refractivity contribution < 1.29 is 4.39 Å². The Hall–Kier alpha value is -1.73. The van der Waals surface area contributed by atoms with E-state index in [0.29, 0.717) is 18.4 Å². The van der Waals surface area contributed by atoms with Crippen molar-refractivity contribution in [2.24, 2.45) is 0 Å². The highest BCUT2D eigenvalue weighted by molar-refractivity contribution is 5.36. The highest BCUT2D eigenvalue weighted by Crippen LogP contribution is 2.39. The van der Waals surface area contributed by atoms with Gasteiger partial charge in [0.1, 0.15) is 5.82 Å². The minimum atomic E-state index is -0.612. The summed E-state index contributed by atoms with van der Waals surface area (Å²) in [4.78, 5) is 3.86. The molecular formula is C13H12FN3. The number of hydrogen-bond acceptors (Lipinski definition) is 3. The predicted molar refractivity (Wildman–Crippen MR) is 60.6 cm³/mol. The summed E-state index contributed by atoms with van der Waals surface area (Å²) in [6, 6.07) is 4.24. The van der Waals surface area contributed by atoms with Crippen LogP contribution in [0.3, 0.4) is 0 Å². The van der Waals surface area contributed by atoms with Crippen molar-refractivity contribution in [3.63, 3.8) is 0 Å². The first-order valence-corrected chi connectivity index (χ1v) is 5.68. The molecule has 1 aromatic rings. The van der Waals surface area contributed by atoms with Crippen molar-refractivity contribution in [2.45, 2.75) is 30.3 Å². The summed E-state index contributed by atoms with van der Waals surface area (Å²) >= 11 is 0. The third-order valence-corrected chi connectivity index (χ3v) is 3.61. The zero-order valence-corrected chi connectivity index (χ0v) is 9.23. The van der Waals surface area contributed by atoms with Gasteiger partial charge in [0.2, 0.25) is 0 Å². The first-order chi connectivity index (χ1) is 8.22. The number of nitrogens with zero attached hydrogens (tertiary/aromatic N) is 2. The Labute approximate surface area is 99.0 Å².